The van der Waals surface area contributed by atoms with E-state index in [0.717, 1.165) is 17.4 Å². The summed E-state index contributed by atoms with van der Waals surface area (Å²) >= 11 is 0. The van der Waals surface area contributed by atoms with Crippen LogP contribution in [0, 0.1) is 0 Å². The molecule has 4 N–H and O–H groups in total. The Bertz CT molecular complexity index is 1210. The number of carbonyl (C=O) groups is 1. The van der Waals surface area contributed by atoms with E-state index in [1.807, 2.05) is 42.5 Å². The number of carbonyl (C=O) groups excluding carboxylic acids is 1. The largest absolute Gasteiger partial charge is 0.506 e. The van der Waals surface area contributed by atoms with E-state index in [4.69, 9.17) is 4.74 Å². The SMILES string of the molecule is COC(=O)c1ccc([C@@H](Cc2ccccc2)NCC(O)c2ccc(O)c(NS(C)(=O)=O)c2)cc1. The molecule has 9 heteroatoms. The third-order valence-corrected chi connectivity index (χ3v) is 5.87. The van der Waals surface area contributed by atoms with Gasteiger partial charge in [-0.25, -0.2) is 13.2 Å². The summed E-state index contributed by atoms with van der Waals surface area (Å²) in [5, 5.41) is 24.1. The average molecular weight is 485 g/mol. The van der Waals surface area contributed by atoms with Crippen LogP contribution >= 0.6 is 0 Å². The van der Waals surface area contributed by atoms with Gasteiger partial charge in [0.25, 0.3) is 0 Å². The van der Waals surface area contributed by atoms with Crippen LogP contribution in [0.25, 0.3) is 0 Å². The molecule has 0 saturated heterocycles. The molecule has 3 aromatic carbocycles. The maximum absolute atomic E-state index is 11.8. The van der Waals surface area contributed by atoms with Crippen molar-refractivity contribution in [1.29, 1.82) is 0 Å². The summed E-state index contributed by atoms with van der Waals surface area (Å²) in [6, 6.07) is 21.0. The molecule has 180 valence electrons. The van der Waals surface area contributed by atoms with Gasteiger partial charge in [-0.15, -0.1) is 0 Å². The maximum Gasteiger partial charge on any atom is 0.337 e. The molecule has 0 saturated carbocycles. The molecule has 0 aliphatic carbocycles. The van der Waals surface area contributed by atoms with Crippen LogP contribution in [0.2, 0.25) is 0 Å². The Morgan fingerprint density at radius 3 is 2.26 bits per heavy atom. The van der Waals surface area contributed by atoms with Crippen molar-refractivity contribution < 1.29 is 28.2 Å². The molecule has 34 heavy (non-hydrogen) atoms. The van der Waals surface area contributed by atoms with E-state index in [9.17, 15) is 23.4 Å². The van der Waals surface area contributed by atoms with Gasteiger partial charge in [0.1, 0.15) is 5.75 Å². The van der Waals surface area contributed by atoms with E-state index >= 15 is 0 Å². The maximum atomic E-state index is 11.8. The summed E-state index contributed by atoms with van der Waals surface area (Å²) in [5.41, 5.74) is 2.90. The molecule has 1 unspecified atom stereocenters. The van der Waals surface area contributed by atoms with Gasteiger partial charge >= 0.3 is 5.97 Å². The van der Waals surface area contributed by atoms with Crippen LogP contribution in [0.1, 0.15) is 39.2 Å². The number of aliphatic hydroxyl groups excluding tert-OH is 1. The second-order valence-corrected chi connectivity index (χ2v) is 9.68. The smallest absolute Gasteiger partial charge is 0.337 e. The third-order valence-electron chi connectivity index (χ3n) is 5.28. The molecular formula is C25H28N2O6S. The van der Waals surface area contributed by atoms with E-state index in [2.05, 4.69) is 10.0 Å². The summed E-state index contributed by atoms with van der Waals surface area (Å²) in [4.78, 5) is 11.8. The first-order valence-electron chi connectivity index (χ1n) is 10.6. The molecule has 0 aromatic heterocycles. The molecule has 8 nitrogen and oxygen atoms in total. The third kappa shape index (κ3) is 7.05. The number of nitrogens with one attached hydrogen (secondary N) is 2. The topological polar surface area (TPSA) is 125 Å². The number of hydrogen-bond donors (Lipinski definition) is 4. The predicted octanol–water partition coefficient (Wildman–Crippen LogP) is 3.16. The number of ether oxygens (including phenoxy) is 1. The monoisotopic (exact) mass is 484 g/mol. The number of aromatic hydroxyl groups is 1. The number of esters is 1. The van der Waals surface area contributed by atoms with E-state index < -0.39 is 22.1 Å². The fourth-order valence-electron chi connectivity index (χ4n) is 3.54. The van der Waals surface area contributed by atoms with E-state index in [0.29, 0.717) is 17.5 Å². The first-order chi connectivity index (χ1) is 16.2. The highest BCUT2D eigenvalue weighted by Crippen LogP contribution is 2.28. The number of benzene rings is 3. The highest BCUT2D eigenvalue weighted by Gasteiger charge is 2.18. The minimum absolute atomic E-state index is 0.00159. The number of rotatable bonds is 10. The molecule has 0 amide bonds. The average Bonchev–Trinajstić information content (AvgIpc) is 2.82. The lowest BCUT2D eigenvalue weighted by molar-refractivity contribution is 0.0600. The van der Waals surface area contributed by atoms with Crippen LogP contribution in [-0.4, -0.2) is 44.5 Å². The number of hydrogen-bond acceptors (Lipinski definition) is 7. The van der Waals surface area contributed by atoms with Crippen LogP contribution in [0.15, 0.2) is 72.8 Å². The number of aliphatic hydroxyl groups is 1. The van der Waals surface area contributed by atoms with Gasteiger partial charge in [-0.2, -0.15) is 0 Å². The molecule has 0 spiro atoms. The molecule has 0 aliphatic heterocycles. The van der Waals surface area contributed by atoms with Gasteiger partial charge in [-0.3, -0.25) is 4.72 Å². The Hall–Kier alpha value is -3.40. The summed E-state index contributed by atoms with van der Waals surface area (Å²) in [6.07, 6.45) is 0.659. The molecule has 0 aliphatic rings. The number of phenolic OH excluding ortho intramolecular Hbond substituents is 1. The second kappa shape index (κ2) is 11.1. The predicted molar refractivity (Wildman–Crippen MR) is 130 cm³/mol. The van der Waals surface area contributed by atoms with Crippen molar-refractivity contribution >= 4 is 21.7 Å². The summed E-state index contributed by atoms with van der Waals surface area (Å²) in [6.45, 7) is 0.166. The minimum atomic E-state index is -3.59. The molecule has 0 fully saturated rings. The standard InChI is InChI=1S/C25H28N2O6S/c1-33-25(30)19-10-8-18(9-11-19)21(14-17-6-4-3-5-7-17)26-16-24(29)20-12-13-23(28)22(15-20)27-34(2,31)32/h3-13,15,21,24,26-29H,14,16H2,1-2H3/t21-,24?/m1/s1. The van der Waals surface area contributed by atoms with E-state index in [1.165, 1.54) is 25.3 Å². The Labute approximate surface area is 199 Å². The van der Waals surface area contributed by atoms with Crippen molar-refractivity contribution in [2.45, 2.75) is 18.6 Å². The normalized spacial score (nSPS) is 13.1. The summed E-state index contributed by atoms with van der Waals surface area (Å²) in [5.74, 6) is -0.651. The quantitative estimate of drug-likeness (QED) is 0.257. The van der Waals surface area contributed by atoms with Crippen LogP contribution in [0.3, 0.4) is 0 Å². The Morgan fingerprint density at radius 1 is 1.00 bits per heavy atom. The molecular weight excluding hydrogens is 456 g/mol. The zero-order valence-electron chi connectivity index (χ0n) is 18.9. The van der Waals surface area contributed by atoms with Gasteiger partial charge in [0.15, 0.2) is 0 Å². The van der Waals surface area contributed by atoms with Crippen LogP contribution in [-0.2, 0) is 21.2 Å². The first kappa shape index (κ1) is 25.2. The fraction of sp³-hybridized carbons (Fsp3) is 0.240. The Kier molecular flexibility index (Phi) is 8.27. The van der Waals surface area contributed by atoms with Crippen molar-refractivity contribution in [2.24, 2.45) is 0 Å². The van der Waals surface area contributed by atoms with Crippen molar-refractivity contribution in [1.82, 2.24) is 5.32 Å². The number of anilines is 1. The van der Waals surface area contributed by atoms with Gasteiger partial charge in [0, 0.05) is 12.6 Å². The van der Waals surface area contributed by atoms with Crippen LogP contribution < -0.4 is 10.0 Å². The van der Waals surface area contributed by atoms with Crippen molar-refractivity contribution in [3.05, 3.63) is 95.1 Å². The summed E-state index contributed by atoms with van der Waals surface area (Å²) < 4.78 is 30.1. The number of sulfonamides is 1. The lowest BCUT2D eigenvalue weighted by atomic mass is 9.97. The lowest BCUT2D eigenvalue weighted by Gasteiger charge is -2.22. The second-order valence-electron chi connectivity index (χ2n) is 7.93. The molecule has 2 atom stereocenters. The molecule has 3 aromatic rings. The van der Waals surface area contributed by atoms with Crippen molar-refractivity contribution in [2.75, 3.05) is 24.6 Å². The van der Waals surface area contributed by atoms with E-state index in [1.54, 1.807) is 12.1 Å². The van der Waals surface area contributed by atoms with Gasteiger partial charge in [-0.1, -0.05) is 48.5 Å². The zero-order chi connectivity index (χ0) is 24.7. The molecule has 0 heterocycles. The fourth-order valence-corrected chi connectivity index (χ4v) is 4.10. The number of phenols is 1. The lowest BCUT2D eigenvalue weighted by Crippen LogP contribution is -2.28. The van der Waals surface area contributed by atoms with Gasteiger partial charge in [0.2, 0.25) is 10.0 Å². The summed E-state index contributed by atoms with van der Waals surface area (Å²) in [7, 11) is -2.26. The van der Waals surface area contributed by atoms with Gasteiger partial charge in [-0.05, 0) is 47.4 Å². The van der Waals surface area contributed by atoms with Gasteiger partial charge < -0.3 is 20.3 Å². The highest BCUT2D eigenvalue weighted by atomic mass is 32.2. The molecule has 0 radical (unpaired) electrons. The zero-order valence-corrected chi connectivity index (χ0v) is 19.7. The Balaban J connectivity index is 1.78. The Morgan fingerprint density at radius 2 is 1.65 bits per heavy atom. The van der Waals surface area contributed by atoms with Crippen LogP contribution in [0.4, 0.5) is 5.69 Å². The van der Waals surface area contributed by atoms with Crippen LogP contribution in [0.5, 0.6) is 5.75 Å². The van der Waals surface area contributed by atoms with E-state index in [-0.39, 0.29) is 24.0 Å². The highest BCUT2D eigenvalue weighted by molar-refractivity contribution is 7.92. The van der Waals surface area contributed by atoms with Crippen molar-refractivity contribution in [3.63, 3.8) is 0 Å². The molecule has 3 rings (SSSR count). The van der Waals surface area contributed by atoms with Gasteiger partial charge in [0.05, 0.1) is 30.7 Å². The van der Waals surface area contributed by atoms with Crippen molar-refractivity contribution in [3.8, 4) is 5.75 Å². The minimum Gasteiger partial charge on any atom is -0.506 e. The number of methoxy groups -OCH3 is 1. The first-order valence-corrected chi connectivity index (χ1v) is 12.5. The molecule has 0 bridgehead atoms.